The molecule has 2 nitrogen and oxygen atoms in total. The second kappa shape index (κ2) is 5.17. The Bertz CT molecular complexity index is 915. The Labute approximate surface area is 135 Å². The van der Waals surface area contributed by atoms with Crippen LogP contribution in [-0.4, -0.2) is 5.11 Å². The first kappa shape index (κ1) is 13.9. The molecule has 0 spiro atoms. The molecule has 2 aromatic carbocycles. The first-order valence-corrected chi connectivity index (χ1v) is 7.94. The van der Waals surface area contributed by atoms with Gasteiger partial charge in [0.25, 0.3) is 0 Å². The number of fused-ring (bicyclic) bond motifs is 2. The fraction of sp³-hybridized carbons (Fsp3) is 0.143. The molecule has 0 radical (unpaired) electrons. The van der Waals surface area contributed by atoms with Crippen LogP contribution in [0.4, 0.5) is 0 Å². The van der Waals surface area contributed by atoms with Crippen molar-refractivity contribution >= 4 is 16.3 Å². The summed E-state index contributed by atoms with van der Waals surface area (Å²) in [6.45, 7) is 2.20. The molecule has 2 unspecified atom stereocenters. The normalized spacial score (nSPS) is 23.1. The zero-order valence-electron chi connectivity index (χ0n) is 13.0. The van der Waals surface area contributed by atoms with Crippen molar-refractivity contribution in [2.75, 3.05) is 0 Å². The summed E-state index contributed by atoms with van der Waals surface area (Å²) in [6.07, 6.45) is 10.5. The first-order valence-electron chi connectivity index (χ1n) is 7.94. The zero-order valence-corrected chi connectivity index (χ0v) is 13.0. The van der Waals surface area contributed by atoms with Crippen molar-refractivity contribution in [3.05, 3.63) is 83.6 Å². The van der Waals surface area contributed by atoms with Crippen molar-refractivity contribution in [3.63, 3.8) is 0 Å². The maximum absolute atomic E-state index is 10.6. The highest BCUT2D eigenvalue weighted by Gasteiger charge is 2.31. The summed E-state index contributed by atoms with van der Waals surface area (Å²) in [7, 11) is 0. The maximum atomic E-state index is 10.6. The Morgan fingerprint density at radius 2 is 1.87 bits per heavy atom. The van der Waals surface area contributed by atoms with Crippen molar-refractivity contribution in [2.24, 2.45) is 17.6 Å². The van der Waals surface area contributed by atoms with Gasteiger partial charge in [-0.1, -0.05) is 61.6 Å². The Morgan fingerprint density at radius 3 is 2.74 bits per heavy atom. The standard InChI is InChI=1S/C21H19NO/c1-13-5-4-7-15-9-11-17(22)21(19(13)15)20-16-8-3-2-6-14(16)10-12-18(20)23/h2-13,19,23H,22H2,1H3. The fourth-order valence-corrected chi connectivity index (χ4v) is 3.75. The SMILES string of the molecule is CC1C=CC=C2C=CC(N)=C(c3c(O)ccc4ccccc34)C21. The Kier molecular flexibility index (Phi) is 3.12. The second-order valence-corrected chi connectivity index (χ2v) is 6.27. The molecular formula is C21H19NO. The van der Waals surface area contributed by atoms with Crippen LogP contribution in [0.25, 0.3) is 16.3 Å². The monoisotopic (exact) mass is 301 g/mol. The molecule has 2 aliphatic rings. The minimum absolute atomic E-state index is 0.182. The predicted molar refractivity (Wildman–Crippen MR) is 95.7 cm³/mol. The van der Waals surface area contributed by atoms with Crippen molar-refractivity contribution in [1.82, 2.24) is 0 Å². The van der Waals surface area contributed by atoms with Crippen LogP contribution in [0.1, 0.15) is 12.5 Å². The van der Waals surface area contributed by atoms with Crippen molar-refractivity contribution in [3.8, 4) is 5.75 Å². The van der Waals surface area contributed by atoms with Gasteiger partial charge in [0, 0.05) is 17.2 Å². The van der Waals surface area contributed by atoms with E-state index in [0.717, 1.165) is 27.6 Å². The average Bonchev–Trinajstić information content (AvgIpc) is 2.56. The average molecular weight is 301 g/mol. The molecule has 0 aromatic heterocycles. The van der Waals surface area contributed by atoms with E-state index in [4.69, 9.17) is 5.73 Å². The van der Waals surface area contributed by atoms with Crippen molar-refractivity contribution < 1.29 is 5.11 Å². The Hall–Kier alpha value is -2.74. The molecule has 0 bridgehead atoms. The minimum Gasteiger partial charge on any atom is -0.507 e. The molecule has 2 aliphatic carbocycles. The highest BCUT2D eigenvalue weighted by Crippen LogP contribution is 2.46. The number of phenols is 1. The Balaban J connectivity index is 2.03. The van der Waals surface area contributed by atoms with E-state index >= 15 is 0 Å². The molecule has 0 fully saturated rings. The quantitative estimate of drug-likeness (QED) is 0.812. The van der Waals surface area contributed by atoms with E-state index in [1.54, 1.807) is 6.07 Å². The summed E-state index contributed by atoms with van der Waals surface area (Å²) >= 11 is 0. The van der Waals surface area contributed by atoms with E-state index in [9.17, 15) is 5.11 Å². The van der Waals surface area contributed by atoms with Gasteiger partial charge in [0.2, 0.25) is 0 Å². The Morgan fingerprint density at radius 1 is 1.04 bits per heavy atom. The van der Waals surface area contributed by atoms with Gasteiger partial charge in [0.15, 0.2) is 0 Å². The van der Waals surface area contributed by atoms with Crippen LogP contribution in [0.5, 0.6) is 5.75 Å². The third-order valence-electron chi connectivity index (χ3n) is 4.84. The van der Waals surface area contributed by atoms with E-state index in [2.05, 4.69) is 43.4 Å². The van der Waals surface area contributed by atoms with Gasteiger partial charge in [-0.3, -0.25) is 0 Å². The van der Waals surface area contributed by atoms with E-state index in [0.29, 0.717) is 5.92 Å². The number of benzene rings is 2. The molecular weight excluding hydrogens is 282 g/mol. The van der Waals surface area contributed by atoms with Gasteiger partial charge in [-0.05, 0) is 40.0 Å². The summed E-state index contributed by atoms with van der Waals surface area (Å²) in [5.74, 6) is 0.812. The number of nitrogens with two attached hydrogens (primary N) is 1. The van der Waals surface area contributed by atoms with Crippen molar-refractivity contribution in [1.29, 1.82) is 0 Å². The fourth-order valence-electron chi connectivity index (χ4n) is 3.75. The zero-order chi connectivity index (χ0) is 16.0. The molecule has 0 saturated carbocycles. The van der Waals surface area contributed by atoms with Crippen LogP contribution < -0.4 is 5.73 Å². The molecule has 4 rings (SSSR count). The molecule has 0 heterocycles. The molecule has 3 N–H and O–H groups in total. The van der Waals surface area contributed by atoms with Crippen molar-refractivity contribution in [2.45, 2.75) is 6.92 Å². The largest absolute Gasteiger partial charge is 0.507 e. The first-order chi connectivity index (χ1) is 11.2. The van der Waals surface area contributed by atoms with Gasteiger partial charge >= 0.3 is 0 Å². The molecule has 0 amide bonds. The van der Waals surface area contributed by atoms with Crippen LogP contribution in [0.3, 0.4) is 0 Å². The smallest absolute Gasteiger partial charge is 0.123 e. The van der Waals surface area contributed by atoms with Gasteiger partial charge in [0.1, 0.15) is 5.75 Å². The van der Waals surface area contributed by atoms with E-state index in [1.807, 2.05) is 24.3 Å². The van der Waals surface area contributed by atoms with Gasteiger partial charge in [0.05, 0.1) is 0 Å². The molecule has 0 saturated heterocycles. The molecule has 2 aromatic rings. The van der Waals surface area contributed by atoms with Gasteiger partial charge in [-0.25, -0.2) is 0 Å². The summed E-state index contributed by atoms with van der Waals surface area (Å²) in [6, 6.07) is 11.8. The summed E-state index contributed by atoms with van der Waals surface area (Å²) < 4.78 is 0. The summed E-state index contributed by atoms with van der Waals surface area (Å²) in [5, 5.41) is 12.8. The van der Waals surface area contributed by atoms with Gasteiger partial charge in [-0.2, -0.15) is 0 Å². The van der Waals surface area contributed by atoms with E-state index < -0.39 is 0 Å². The van der Waals surface area contributed by atoms with Crippen LogP contribution in [0.2, 0.25) is 0 Å². The van der Waals surface area contributed by atoms with E-state index in [1.165, 1.54) is 5.57 Å². The summed E-state index contributed by atoms with van der Waals surface area (Å²) in [4.78, 5) is 0. The molecule has 2 heteroatoms. The maximum Gasteiger partial charge on any atom is 0.123 e. The number of hydrogen-bond acceptors (Lipinski definition) is 2. The summed E-state index contributed by atoms with van der Waals surface area (Å²) in [5.41, 5.74) is 10.3. The number of rotatable bonds is 1. The highest BCUT2D eigenvalue weighted by molar-refractivity contribution is 5.99. The molecule has 23 heavy (non-hydrogen) atoms. The van der Waals surface area contributed by atoms with Crippen LogP contribution >= 0.6 is 0 Å². The minimum atomic E-state index is 0.182. The number of aromatic hydroxyl groups is 1. The lowest BCUT2D eigenvalue weighted by Gasteiger charge is -2.32. The van der Waals surface area contributed by atoms with Crippen LogP contribution in [0.15, 0.2) is 78.0 Å². The number of allylic oxidation sites excluding steroid dienone is 7. The van der Waals surface area contributed by atoms with Gasteiger partial charge in [-0.15, -0.1) is 0 Å². The van der Waals surface area contributed by atoms with Gasteiger partial charge < -0.3 is 10.8 Å². The highest BCUT2D eigenvalue weighted by atomic mass is 16.3. The lowest BCUT2D eigenvalue weighted by molar-refractivity contribution is 0.472. The molecule has 2 atom stereocenters. The number of phenolic OH excluding ortho intramolecular Hbond substituents is 1. The lowest BCUT2D eigenvalue weighted by Crippen LogP contribution is -2.22. The van der Waals surface area contributed by atoms with Crippen LogP contribution in [-0.2, 0) is 0 Å². The topological polar surface area (TPSA) is 46.2 Å². The second-order valence-electron chi connectivity index (χ2n) is 6.27. The predicted octanol–water partition coefficient (Wildman–Crippen LogP) is 4.53. The molecule has 114 valence electrons. The third kappa shape index (κ3) is 2.10. The molecule has 0 aliphatic heterocycles. The third-order valence-corrected chi connectivity index (χ3v) is 4.84. The van der Waals surface area contributed by atoms with Crippen LogP contribution in [0, 0.1) is 11.8 Å². The van der Waals surface area contributed by atoms with E-state index in [-0.39, 0.29) is 11.7 Å². The number of hydrogen-bond donors (Lipinski definition) is 2. The lowest BCUT2D eigenvalue weighted by atomic mass is 9.72.